The van der Waals surface area contributed by atoms with Gasteiger partial charge in [0.05, 0.1) is 5.69 Å². The molecule has 94 valence electrons. The molecular formula is C14H16FN3. The van der Waals surface area contributed by atoms with Gasteiger partial charge < -0.3 is 5.73 Å². The summed E-state index contributed by atoms with van der Waals surface area (Å²) >= 11 is 0. The Hall–Kier alpha value is -1.97. The van der Waals surface area contributed by atoms with Crippen molar-refractivity contribution in [3.8, 4) is 11.4 Å². The second-order valence-electron chi connectivity index (χ2n) is 4.61. The number of nitrogens with two attached hydrogens (primary N) is 1. The van der Waals surface area contributed by atoms with E-state index < -0.39 is 5.82 Å². The van der Waals surface area contributed by atoms with Crippen LogP contribution in [0, 0.1) is 33.5 Å². The number of nitrogen functional groups attached to an aromatic ring is 1. The van der Waals surface area contributed by atoms with Gasteiger partial charge in [0.2, 0.25) is 0 Å². The van der Waals surface area contributed by atoms with Crippen molar-refractivity contribution in [1.29, 1.82) is 0 Å². The van der Waals surface area contributed by atoms with Gasteiger partial charge >= 0.3 is 0 Å². The van der Waals surface area contributed by atoms with Crippen molar-refractivity contribution in [3.63, 3.8) is 0 Å². The number of benzene rings is 1. The molecule has 0 unspecified atom stereocenters. The highest BCUT2D eigenvalue weighted by atomic mass is 19.1. The lowest BCUT2D eigenvalue weighted by Crippen LogP contribution is -2.04. The molecule has 1 heterocycles. The first-order valence-corrected chi connectivity index (χ1v) is 5.78. The van der Waals surface area contributed by atoms with E-state index in [2.05, 4.69) is 22.1 Å². The number of hydrogen-bond acceptors (Lipinski definition) is 3. The molecule has 0 bridgehead atoms. The molecule has 4 heteroatoms. The molecule has 0 aliphatic carbocycles. The molecule has 0 atom stereocenters. The molecule has 3 nitrogen and oxygen atoms in total. The maximum atomic E-state index is 13.4. The summed E-state index contributed by atoms with van der Waals surface area (Å²) in [7, 11) is 0. The monoisotopic (exact) mass is 245 g/mol. The summed E-state index contributed by atoms with van der Waals surface area (Å²) < 4.78 is 13.4. The second-order valence-corrected chi connectivity index (χ2v) is 4.61. The van der Waals surface area contributed by atoms with Crippen LogP contribution in [0.3, 0.4) is 0 Å². The highest BCUT2D eigenvalue weighted by Gasteiger charge is 2.14. The third-order valence-corrected chi connectivity index (χ3v) is 2.94. The maximum absolute atomic E-state index is 13.4. The van der Waals surface area contributed by atoms with E-state index in [0.29, 0.717) is 5.82 Å². The number of nitrogens with zero attached hydrogens (tertiary/aromatic N) is 2. The lowest BCUT2D eigenvalue weighted by atomic mass is 9.99. The van der Waals surface area contributed by atoms with E-state index in [1.54, 1.807) is 6.92 Å². The smallest absolute Gasteiger partial charge is 0.186 e. The molecule has 0 spiro atoms. The quantitative estimate of drug-likeness (QED) is 0.839. The minimum Gasteiger partial charge on any atom is -0.381 e. The number of halogens is 1. The SMILES string of the molecule is Cc1cc(C)c(-c2nc(C)c(F)c(N)n2)c(C)c1. The van der Waals surface area contributed by atoms with Gasteiger partial charge in [0.1, 0.15) is 0 Å². The van der Waals surface area contributed by atoms with Crippen molar-refractivity contribution in [2.75, 3.05) is 5.73 Å². The first kappa shape index (κ1) is 12.5. The van der Waals surface area contributed by atoms with Crippen LogP contribution in [0.25, 0.3) is 11.4 Å². The first-order chi connectivity index (χ1) is 8.40. The van der Waals surface area contributed by atoms with E-state index in [4.69, 9.17) is 5.73 Å². The molecule has 2 aromatic rings. The Morgan fingerprint density at radius 1 is 1.00 bits per heavy atom. The van der Waals surface area contributed by atoms with Gasteiger partial charge in [-0.05, 0) is 38.8 Å². The predicted molar refractivity (Wildman–Crippen MR) is 70.8 cm³/mol. The zero-order valence-corrected chi connectivity index (χ0v) is 11.0. The average Bonchev–Trinajstić information content (AvgIpc) is 2.24. The van der Waals surface area contributed by atoms with Crippen LogP contribution in [-0.4, -0.2) is 9.97 Å². The van der Waals surface area contributed by atoms with Crippen molar-refractivity contribution in [3.05, 3.63) is 40.3 Å². The lowest BCUT2D eigenvalue weighted by molar-refractivity contribution is 0.608. The fraction of sp³-hybridized carbons (Fsp3) is 0.286. The normalized spacial score (nSPS) is 10.7. The third kappa shape index (κ3) is 2.06. The topological polar surface area (TPSA) is 51.8 Å². The molecule has 0 amide bonds. The highest BCUT2D eigenvalue weighted by molar-refractivity contribution is 5.66. The minimum atomic E-state index is -0.541. The minimum absolute atomic E-state index is 0.100. The Morgan fingerprint density at radius 3 is 2.06 bits per heavy atom. The van der Waals surface area contributed by atoms with Gasteiger partial charge in [-0.1, -0.05) is 17.7 Å². The molecule has 2 rings (SSSR count). The number of aromatic nitrogens is 2. The molecule has 18 heavy (non-hydrogen) atoms. The van der Waals surface area contributed by atoms with E-state index >= 15 is 0 Å². The Morgan fingerprint density at radius 2 is 1.56 bits per heavy atom. The molecule has 0 aliphatic heterocycles. The summed E-state index contributed by atoms with van der Waals surface area (Å²) in [5.41, 5.74) is 10.1. The number of hydrogen-bond donors (Lipinski definition) is 1. The second kappa shape index (κ2) is 4.37. The predicted octanol–water partition coefficient (Wildman–Crippen LogP) is 3.10. The summed E-state index contributed by atoms with van der Waals surface area (Å²) in [6, 6.07) is 4.11. The van der Waals surface area contributed by atoms with Crippen LogP contribution in [0.5, 0.6) is 0 Å². The Labute approximate surface area is 106 Å². The van der Waals surface area contributed by atoms with Gasteiger partial charge in [-0.3, -0.25) is 0 Å². The van der Waals surface area contributed by atoms with Gasteiger partial charge in [0.15, 0.2) is 17.5 Å². The molecular weight excluding hydrogens is 229 g/mol. The van der Waals surface area contributed by atoms with Crippen molar-refractivity contribution >= 4 is 5.82 Å². The van der Waals surface area contributed by atoms with Crippen molar-refractivity contribution in [2.24, 2.45) is 0 Å². The van der Waals surface area contributed by atoms with E-state index in [0.717, 1.165) is 16.7 Å². The van der Waals surface area contributed by atoms with Crippen molar-refractivity contribution in [1.82, 2.24) is 9.97 Å². The van der Waals surface area contributed by atoms with Crippen LogP contribution in [-0.2, 0) is 0 Å². The summed E-state index contributed by atoms with van der Waals surface area (Å²) in [4.78, 5) is 8.24. The number of aryl methyl sites for hydroxylation is 4. The Kier molecular flexibility index (Phi) is 3.03. The van der Waals surface area contributed by atoms with E-state index in [1.807, 2.05) is 20.8 Å². The van der Waals surface area contributed by atoms with Gasteiger partial charge in [0, 0.05) is 5.56 Å². The maximum Gasteiger partial charge on any atom is 0.186 e. The first-order valence-electron chi connectivity index (χ1n) is 5.78. The van der Waals surface area contributed by atoms with Crippen LogP contribution in [0.1, 0.15) is 22.4 Å². The van der Waals surface area contributed by atoms with Crippen molar-refractivity contribution < 1.29 is 4.39 Å². The van der Waals surface area contributed by atoms with Gasteiger partial charge in [-0.2, -0.15) is 0 Å². The summed E-state index contributed by atoms with van der Waals surface area (Å²) in [5.74, 6) is -0.153. The molecule has 0 aliphatic rings. The third-order valence-electron chi connectivity index (χ3n) is 2.94. The summed E-state index contributed by atoms with van der Waals surface area (Å²) in [6.45, 7) is 7.62. The fourth-order valence-electron chi connectivity index (χ4n) is 2.23. The Balaban J connectivity index is 2.70. The molecule has 1 aromatic heterocycles. The zero-order valence-electron chi connectivity index (χ0n) is 11.0. The molecule has 0 fully saturated rings. The molecule has 0 radical (unpaired) electrons. The number of anilines is 1. The molecule has 0 saturated carbocycles. The van der Waals surface area contributed by atoms with E-state index in [-0.39, 0.29) is 11.5 Å². The molecule has 1 aromatic carbocycles. The van der Waals surface area contributed by atoms with Gasteiger partial charge in [-0.15, -0.1) is 0 Å². The van der Waals surface area contributed by atoms with Crippen LogP contribution >= 0.6 is 0 Å². The summed E-state index contributed by atoms with van der Waals surface area (Å²) in [5, 5.41) is 0. The van der Waals surface area contributed by atoms with E-state index in [1.165, 1.54) is 5.56 Å². The van der Waals surface area contributed by atoms with Crippen LogP contribution in [0.2, 0.25) is 0 Å². The van der Waals surface area contributed by atoms with Crippen LogP contribution in [0.4, 0.5) is 10.2 Å². The summed E-state index contributed by atoms with van der Waals surface area (Å²) in [6.07, 6.45) is 0. The van der Waals surface area contributed by atoms with Crippen molar-refractivity contribution in [2.45, 2.75) is 27.7 Å². The van der Waals surface area contributed by atoms with Gasteiger partial charge in [0.25, 0.3) is 0 Å². The number of rotatable bonds is 1. The average molecular weight is 245 g/mol. The zero-order chi connectivity index (χ0) is 13.4. The molecule has 0 saturated heterocycles. The van der Waals surface area contributed by atoms with Crippen LogP contribution in [0.15, 0.2) is 12.1 Å². The van der Waals surface area contributed by atoms with Gasteiger partial charge in [-0.25, -0.2) is 14.4 Å². The highest BCUT2D eigenvalue weighted by Crippen LogP contribution is 2.27. The Bertz CT molecular complexity index is 574. The fourth-order valence-corrected chi connectivity index (χ4v) is 2.23. The molecule has 2 N–H and O–H groups in total. The van der Waals surface area contributed by atoms with Crippen LogP contribution < -0.4 is 5.73 Å². The van der Waals surface area contributed by atoms with E-state index in [9.17, 15) is 4.39 Å². The standard InChI is InChI=1S/C14H16FN3/c1-7-5-8(2)11(9(3)6-7)14-17-10(4)12(15)13(16)18-14/h5-6H,1-4H3,(H2,16,17,18). The largest absolute Gasteiger partial charge is 0.381 e. The lowest BCUT2D eigenvalue weighted by Gasteiger charge is -2.11.